The number of nitrogens with zero attached hydrogens (tertiary/aromatic N) is 2. The number of esters is 1. The van der Waals surface area contributed by atoms with Gasteiger partial charge in [-0.05, 0) is 11.4 Å². The summed E-state index contributed by atoms with van der Waals surface area (Å²) < 4.78 is 21.0. The van der Waals surface area contributed by atoms with Crippen molar-refractivity contribution < 1.29 is 28.3 Å². The number of carbonyl (C=O) groups is 2. The predicted octanol–water partition coefficient (Wildman–Crippen LogP) is 3.77. The number of nitrogens with one attached hydrogen (secondary N) is 1. The van der Waals surface area contributed by atoms with Crippen LogP contribution in [0.1, 0.15) is 30.1 Å². The first-order chi connectivity index (χ1) is 14.4. The molecular formula is C20H21N3O6S. The standard InChI is InChI=1S/C20H21N3O6S/c1-11(2)19(24)21-13-9-15(27-4)14(26-3)8-12(13)20(25)28-10-17-22-18(23-29-17)16-6-5-7-30-16/h5-9,11H,10H2,1-4H3,(H,21,24). The summed E-state index contributed by atoms with van der Waals surface area (Å²) >= 11 is 1.47. The van der Waals surface area contributed by atoms with E-state index in [1.165, 1.54) is 37.7 Å². The van der Waals surface area contributed by atoms with Crippen LogP contribution in [-0.4, -0.2) is 36.2 Å². The molecule has 158 valence electrons. The van der Waals surface area contributed by atoms with E-state index in [9.17, 15) is 9.59 Å². The molecule has 0 unspecified atom stereocenters. The van der Waals surface area contributed by atoms with Gasteiger partial charge in [-0.25, -0.2) is 4.79 Å². The minimum atomic E-state index is -0.689. The van der Waals surface area contributed by atoms with E-state index in [-0.39, 0.29) is 35.6 Å². The summed E-state index contributed by atoms with van der Waals surface area (Å²) in [6, 6.07) is 6.69. The van der Waals surface area contributed by atoms with Crippen LogP contribution < -0.4 is 14.8 Å². The highest BCUT2D eigenvalue weighted by Gasteiger charge is 2.21. The molecule has 0 fully saturated rings. The van der Waals surface area contributed by atoms with E-state index in [1.807, 2.05) is 17.5 Å². The van der Waals surface area contributed by atoms with E-state index < -0.39 is 5.97 Å². The number of hydrogen-bond donors (Lipinski definition) is 1. The lowest BCUT2D eigenvalue weighted by Crippen LogP contribution is -2.20. The Bertz CT molecular complexity index is 1030. The lowest BCUT2D eigenvalue weighted by atomic mass is 10.1. The van der Waals surface area contributed by atoms with Crippen LogP contribution in [0.2, 0.25) is 0 Å². The Kier molecular flexibility index (Phi) is 6.68. The van der Waals surface area contributed by atoms with Gasteiger partial charge in [-0.3, -0.25) is 4.79 Å². The van der Waals surface area contributed by atoms with E-state index in [1.54, 1.807) is 13.8 Å². The molecule has 0 aliphatic heterocycles. The summed E-state index contributed by atoms with van der Waals surface area (Å²) in [5.74, 6) is 0.0399. The highest BCUT2D eigenvalue weighted by molar-refractivity contribution is 7.13. The predicted molar refractivity (Wildman–Crippen MR) is 110 cm³/mol. The van der Waals surface area contributed by atoms with Crippen molar-refractivity contribution >= 4 is 28.9 Å². The van der Waals surface area contributed by atoms with Crippen LogP contribution in [0.5, 0.6) is 11.5 Å². The number of aromatic nitrogens is 2. The Morgan fingerprint density at radius 2 is 1.93 bits per heavy atom. The van der Waals surface area contributed by atoms with E-state index in [4.69, 9.17) is 18.7 Å². The van der Waals surface area contributed by atoms with Crippen LogP contribution in [0, 0.1) is 5.92 Å². The third-order valence-corrected chi connectivity index (χ3v) is 4.93. The summed E-state index contributed by atoms with van der Waals surface area (Å²) in [5.41, 5.74) is 0.362. The highest BCUT2D eigenvalue weighted by Crippen LogP contribution is 2.34. The number of rotatable bonds is 8. The number of ether oxygens (including phenoxy) is 3. The number of amides is 1. The van der Waals surface area contributed by atoms with Gasteiger partial charge in [-0.2, -0.15) is 4.98 Å². The third kappa shape index (κ3) is 4.77. The molecule has 1 amide bonds. The van der Waals surface area contributed by atoms with Crippen molar-refractivity contribution in [2.45, 2.75) is 20.5 Å². The third-order valence-electron chi connectivity index (χ3n) is 4.06. The number of anilines is 1. The van der Waals surface area contributed by atoms with Crippen LogP contribution in [0.4, 0.5) is 5.69 Å². The Labute approximate surface area is 177 Å². The van der Waals surface area contributed by atoms with Crippen molar-refractivity contribution in [1.82, 2.24) is 10.1 Å². The summed E-state index contributed by atoms with van der Waals surface area (Å²) in [6.07, 6.45) is 0. The normalized spacial score (nSPS) is 10.7. The van der Waals surface area contributed by atoms with Gasteiger partial charge in [0.25, 0.3) is 5.89 Å². The first-order valence-electron chi connectivity index (χ1n) is 9.03. The number of thiophene rings is 1. The second-order valence-electron chi connectivity index (χ2n) is 6.46. The van der Waals surface area contributed by atoms with Crippen LogP contribution in [0.3, 0.4) is 0 Å². The average Bonchev–Trinajstić information content (AvgIpc) is 3.43. The Hall–Kier alpha value is -3.40. The zero-order valence-electron chi connectivity index (χ0n) is 16.9. The largest absolute Gasteiger partial charge is 0.493 e. The number of carbonyl (C=O) groups excluding carboxylic acids is 2. The molecule has 0 saturated heterocycles. The molecule has 3 rings (SSSR count). The van der Waals surface area contributed by atoms with Gasteiger partial charge in [0.15, 0.2) is 18.1 Å². The molecule has 0 atom stereocenters. The fraction of sp³-hybridized carbons (Fsp3) is 0.300. The van der Waals surface area contributed by atoms with Crippen molar-refractivity contribution in [1.29, 1.82) is 0 Å². The van der Waals surface area contributed by atoms with Crippen LogP contribution >= 0.6 is 11.3 Å². The number of benzene rings is 1. The number of methoxy groups -OCH3 is 2. The molecule has 3 aromatic rings. The molecule has 0 aliphatic carbocycles. The lowest BCUT2D eigenvalue weighted by molar-refractivity contribution is -0.118. The summed E-state index contributed by atoms with van der Waals surface area (Å²) in [6.45, 7) is 3.27. The summed E-state index contributed by atoms with van der Waals surface area (Å²) in [4.78, 5) is 30.0. The second kappa shape index (κ2) is 9.40. The minimum absolute atomic E-state index is 0.111. The van der Waals surface area contributed by atoms with E-state index in [0.717, 1.165) is 4.88 Å². The second-order valence-corrected chi connectivity index (χ2v) is 7.41. The van der Waals surface area contributed by atoms with Crippen LogP contribution in [-0.2, 0) is 16.1 Å². The smallest absolute Gasteiger partial charge is 0.340 e. The Morgan fingerprint density at radius 1 is 1.20 bits per heavy atom. The summed E-state index contributed by atoms with van der Waals surface area (Å²) in [5, 5.41) is 8.49. The maximum atomic E-state index is 12.7. The van der Waals surface area contributed by atoms with Gasteiger partial charge < -0.3 is 24.1 Å². The lowest BCUT2D eigenvalue weighted by Gasteiger charge is -2.15. The average molecular weight is 431 g/mol. The van der Waals surface area contributed by atoms with Gasteiger partial charge in [0.1, 0.15) is 0 Å². The van der Waals surface area contributed by atoms with Crippen molar-refractivity contribution in [3.8, 4) is 22.2 Å². The van der Waals surface area contributed by atoms with Gasteiger partial charge in [-0.15, -0.1) is 11.3 Å². The topological polar surface area (TPSA) is 113 Å². The van der Waals surface area contributed by atoms with Crippen molar-refractivity contribution in [2.24, 2.45) is 5.92 Å². The molecule has 2 heterocycles. The molecule has 30 heavy (non-hydrogen) atoms. The molecule has 0 spiro atoms. The molecule has 0 saturated carbocycles. The first-order valence-corrected chi connectivity index (χ1v) is 9.91. The van der Waals surface area contributed by atoms with Gasteiger partial charge in [0.05, 0.1) is 30.3 Å². The quantitative estimate of drug-likeness (QED) is 0.536. The molecule has 1 aromatic carbocycles. The van der Waals surface area contributed by atoms with Crippen LogP contribution in [0.25, 0.3) is 10.7 Å². The Morgan fingerprint density at radius 3 is 2.57 bits per heavy atom. The van der Waals surface area contributed by atoms with Gasteiger partial charge in [0, 0.05) is 18.1 Å². The Balaban J connectivity index is 1.80. The van der Waals surface area contributed by atoms with E-state index in [0.29, 0.717) is 17.3 Å². The van der Waals surface area contributed by atoms with Gasteiger partial charge in [-0.1, -0.05) is 25.1 Å². The van der Waals surface area contributed by atoms with Gasteiger partial charge in [0.2, 0.25) is 11.7 Å². The van der Waals surface area contributed by atoms with Crippen LogP contribution in [0.15, 0.2) is 34.2 Å². The molecule has 0 radical (unpaired) electrons. The van der Waals surface area contributed by atoms with Crippen molar-refractivity contribution in [2.75, 3.05) is 19.5 Å². The number of hydrogen-bond acceptors (Lipinski definition) is 9. The van der Waals surface area contributed by atoms with E-state index >= 15 is 0 Å². The minimum Gasteiger partial charge on any atom is -0.493 e. The zero-order valence-corrected chi connectivity index (χ0v) is 17.7. The van der Waals surface area contributed by atoms with E-state index in [2.05, 4.69) is 15.5 Å². The SMILES string of the molecule is COc1cc(NC(=O)C(C)C)c(C(=O)OCc2nc(-c3cccs3)no2)cc1OC. The molecule has 1 N–H and O–H groups in total. The highest BCUT2D eigenvalue weighted by atomic mass is 32.1. The molecular weight excluding hydrogens is 410 g/mol. The fourth-order valence-corrected chi connectivity index (χ4v) is 3.10. The monoisotopic (exact) mass is 431 g/mol. The van der Waals surface area contributed by atoms with Gasteiger partial charge >= 0.3 is 5.97 Å². The molecule has 0 aliphatic rings. The molecule has 10 heteroatoms. The van der Waals surface area contributed by atoms with Crippen molar-refractivity contribution in [3.05, 3.63) is 41.1 Å². The fourth-order valence-electron chi connectivity index (χ4n) is 2.45. The maximum absolute atomic E-state index is 12.7. The molecule has 0 bridgehead atoms. The maximum Gasteiger partial charge on any atom is 0.340 e. The molecule has 9 nitrogen and oxygen atoms in total. The van der Waals surface area contributed by atoms with Crippen molar-refractivity contribution in [3.63, 3.8) is 0 Å². The zero-order chi connectivity index (χ0) is 21.7. The molecule has 2 aromatic heterocycles. The summed E-state index contributed by atoms with van der Waals surface area (Å²) in [7, 11) is 2.91. The first kappa shape index (κ1) is 21.3.